The second-order valence-corrected chi connectivity index (χ2v) is 2.42. The largest absolute Gasteiger partial charge is 0.359 e. The minimum atomic E-state index is 0.0295. The van der Waals surface area contributed by atoms with Gasteiger partial charge in [0.05, 0.1) is 18.7 Å². The first kappa shape index (κ1) is 5.56. The smallest absolute Gasteiger partial charge is 0.0919 e. The summed E-state index contributed by atoms with van der Waals surface area (Å²) in [5, 5.41) is 6.20. The van der Waals surface area contributed by atoms with E-state index in [2.05, 4.69) is 29.5 Å². The van der Waals surface area contributed by atoms with Crippen LogP contribution in [0.4, 0.5) is 0 Å². The van der Waals surface area contributed by atoms with Crippen LogP contribution in [0.5, 0.6) is 0 Å². The zero-order valence-electron chi connectivity index (χ0n) is 5.23. The molecule has 1 rings (SSSR count). The third kappa shape index (κ3) is 1.20. The molecule has 8 heavy (non-hydrogen) atoms. The summed E-state index contributed by atoms with van der Waals surface area (Å²) in [5.74, 6) is 0. The zero-order valence-corrected chi connectivity index (χ0v) is 5.23. The summed E-state index contributed by atoms with van der Waals surface area (Å²) in [6.07, 6.45) is 1.73. The van der Waals surface area contributed by atoms with E-state index in [4.69, 9.17) is 0 Å². The van der Waals surface area contributed by atoms with E-state index in [0.29, 0.717) is 0 Å². The highest BCUT2D eigenvalue weighted by Crippen LogP contribution is 1.95. The van der Waals surface area contributed by atoms with E-state index >= 15 is 0 Å². The second kappa shape index (κ2) is 1.74. The highest BCUT2D eigenvalue weighted by Gasteiger charge is 2.15. The topological polar surface area (TPSA) is 36.4 Å². The average molecular weight is 113 g/mol. The van der Waals surface area contributed by atoms with E-state index in [1.807, 2.05) is 0 Å². The zero-order chi connectivity index (χ0) is 6.04. The van der Waals surface area contributed by atoms with Crippen molar-refractivity contribution in [3.05, 3.63) is 0 Å². The van der Waals surface area contributed by atoms with Crippen LogP contribution in [0, 0.1) is 0 Å². The van der Waals surface area contributed by atoms with Crippen LogP contribution in [-0.4, -0.2) is 18.7 Å². The van der Waals surface area contributed by atoms with Crippen LogP contribution in [0.2, 0.25) is 0 Å². The number of rotatable bonds is 0. The van der Waals surface area contributed by atoms with Gasteiger partial charge in [-0.15, -0.1) is 0 Å². The van der Waals surface area contributed by atoms with Crippen molar-refractivity contribution >= 4 is 6.34 Å². The summed E-state index contributed by atoms with van der Waals surface area (Å²) in [4.78, 5) is 3.93. The Kier molecular flexibility index (Phi) is 1.21. The summed E-state index contributed by atoms with van der Waals surface area (Å²) in [5.41, 5.74) is 0.0295. The lowest BCUT2D eigenvalue weighted by Gasteiger charge is -2.28. The molecular formula is C5H11N3. The molecule has 1 heterocycles. The Morgan fingerprint density at radius 2 is 2.38 bits per heavy atom. The van der Waals surface area contributed by atoms with Gasteiger partial charge < -0.3 is 5.32 Å². The van der Waals surface area contributed by atoms with Crippen molar-refractivity contribution in [2.75, 3.05) is 6.67 Å². The van der Waals surface area contributed by atoms with Gasteiger partial charge in [-0.25, -0.2) is 0 Å². The van der Waals surface area contributed by atoms with Crippen LogP contribution in [0.25, 0.3) is 0 Å². The fraction of sp³-hybridized carbons (Fsp3) is 0.800. The molecule has 0 aromatic heterocycles. The fourth-order valence-electron chi connectivity index (χ4n) is 0.547. The molecule has 0 aromatic rings. The molecule has 0 bridgehead atoms. The minimum absolute atomic E-state index is 0.0295. The van der Waals surface area contributed by atoms with Gasteiger partial charge in [0.25, 0.3) is 0 Å². The number of aliphatic imine (C=N–C) groups is 1. The monoisotopic (exact) mass is 113 g/mol. The van der Waals surface area contributed by atoms with Crippen molar-refractivity contribution in [3.63, 3.8) is 0 Å². The molecule has 0 aliphatic carbocycles. The van der Waals surface area contributed by atoms with Crippen molar-refractivity contribution in [2.24, 2.45) is 4.99 Å². The first-order chi connectivity index (χ1) is 3.71. The third-order valence-corrected chi connectivity index (χ3v) is 1.13. The predicted octanol–water partition coefficient (Wildman–Crippen LogP) is -0.0989. The first-order valence-electron chi connectivity index (χ1n) is 2.72. The summed E-state index contributed by atoms with van der Waals surface area (Å²) in [6, 6.07) is 0. The van der Waals surface area contributed by atoms with Crippen LogP contribution in [0.1, 0.15) is 13.8 Å². The first-order valence-corrected chi connectivity index (χ1v) is 2.72. The van der Waals surface area contributed by atoms with Gasteiger partial charge in [-0.05, 0) is 13.8 Å². The molecule has 0 spiro atoms. The number of hydrogen-bond acceptors (Lipinski definition) is 3. The Hall–Kier alpha value is -0.570. The maximum Gasteiger partial charge on any atom is 0.0919 e. The molecule has 0 aromatic carbocycles. The van der Waals surface area contributed by atoms with Crippen molar-refractivity contribution in [2.45, 2.75) is 19.5 Å². The van der Waals surface area contributed by atoms with Gasteiger partial charge in [-0.1, -0.05) is 0 Å². The SMILES string of the molecule is CC1(C)NC=NCN1. The highest BCUT2D eigenvalue weighted by molar-refractivity contribution is 5.56. The third-order valence-electron chi connectivity index (χ3n) is 1.13. The van der Waals surface area contributed by atoms with Crippen molar-refractivity contribution in [3.8, 4) is 0 Å². The van der Waals surface area contributed by atoms with Crippen LogP contribution >= 0.6 is 0 Å². The summed E-state index contributed by atoms with van der Waals surface area (Å²) >= 11 is 0. The summed E-state index contributed by atoms with van der Waals surface area (Å²) < 4.78 is 0. The molecule has 2 N–H and O–H groups in total. The number of nitrogens with zero attached hydrogens (tertiary/aromatic N) is 1. The van der Waals surface area contributed by atoms with Gasteiger partial charge in [0.2, 0.25) is 0 Å². The molecule has 0 saturated carbocycles. The standard InChI is InChI=1S/C5H11N3/c1-5(2)7-3-6-4-8-5/h3,8H,4H2,1-2H3,(H,6,7). The molecule has 1 aliphatic rings. The Morgan fingerprint density at radius 1 is 1.62 bits per heavy atom. The molecule has 0 unspecified atom stereocenters. The van der Waals surface area contributed by atoms with E-state index in [0.717, 1.165) is 6.67 Å². The maximum atomic E-state index is 3.93. The molecule has 0 radical (unpaired) electrons. The molecule has 3 nitrogen and oxygen atoms in total. The van der Waals surface area contributed by atoms with Gasteiger partial charge in [0.15, 0.2) is 0 Å². The number of nitrogens with one attached hydrogen (secondary N) is 2. The highest BCUT2D eigenvalue weighted by atomic mass is 15.3. The average Bonchev–Trinajstić information content (AvgIpc) is 1.65. The maximum absolute atomic E-state index is 3.93. The fourth-order valence-corrected chi connectivity index (χ4v) is 0.547. The Bertz CT molecular complexity index is 106. The Morgan fingerprint density at radius 3 is 2.62 bits per heavy atom. The number of hydrogen-bond donors (Lipinski definition) is 2. The molecule has 0 fully saturated rings. The minimum Gasteiger partial charge on any atom is -0.359 e. The lowest BCUT2D eigenvalue weighted by molar-refractivity contribution is 0.356. The van der Waals surface area contributed by atoms with E-state index in [-0.39, 0.29) is 5.66 Å². The van der Waals surface area contributed by atoms with Crippen molar-refractivity contribution in [1.82, 2.24) is 10.6 Å². The van der Waals surface area contributed by atoms with Crippen LogP contribution < -0.4 is 10.6 Å². The van der Waals surface area contributed by atoms with Gasteiger partial charge in [-0.2, -0.15) is 0 Å². The van der Waals surface area contributed by atoms with E-state index in [1.165, 1.54) is 0 Å². The quantitative estimate of drug-likeness (QED) is 0.460. The lowest BCUT2D eigenvalue weighted by Crippen LogP contribution is -2.54. The van der Waals surface area contributed by atoms with Gasteiger partial charge in [0.1, 0.15) is 0 Å². The van der Waals surface area contributed by atoms with Crippen LogP contribution in [-0.2, 0) is 0 Å². The molecule has 0 saturated heterocycles. The Labute approximate surface area is 49.2 Å². The van der Waals surface area contributed by atoms with E-state index in [9.17, 15) is 0 Å². The van der Waals surface area contributed by atoms with Crippen molar-refractivity contribution in [1.29, 1.82) is 0 Å². The molecule has 0 amide bonds. The van der Waals surface area contributed by atoms with Gasteiger partial charge >= 0.3 is 0 Å². The molecular weight excluding hydrogens is 102 g/mol. The molecule has 0 atom stereocenters. The predicted molar refractivity (Wildman–Crippen MR) is 33.7 cm³/mol. The van der Waals surface area contributed by atoms with Crippen molar-refractivity contribution < 1.29 is 0 Å². The summed E-state index contributed by atoms with van der Waals surface area (Å²) in [6.45, 7) is 4.86. The second-order valence-electron chi connectivity index (χ2n) is 2.42. The van der Waals surface area contributed by atoms with Crippen LogP contribution in [0.3, 0.4) is 0 Å². The molecule has 46 valence electrons. The lowest BCUT2D eigenvalue weighted by atomic mass is 10.2. The van der Waals surface area contributed by atoms with E-state index < -0.39 is 0 Å². The molecule has 3 heteroatoms. The van der Waals surface area contributed by atoms with E-state index in [1.54, 1.807) is 6.34 Å². The molecule has 1 aliphatic heterocycles. The van der Waals surface area contributed by atoms with Crippen LogP contribution in [0.15, 0.2) is 4.99 Å². The van der Waals surface area contributed by atoms with Gasteiger partial charge in [0, 0.05) is 0 Å². The normalized spacial score (nSPS) is 24.8. The summed E-state index contributed by atoms with van der Waals surface area (Å²) in [7, 11) is 0. The Balaban J connectivity index is 2.50. The van der Waals surface area contributed by atoms with Gasteiger partial charge in [-0.3, -0.25) is 10.3 Å².